The van der Waals surface area contributed by atoms with E-state index >= 15 is 0 Å². The Morgan fingerprint density at radius 2 is 1.05 bits per heavy atom. The summed E-state index contributed by atoms with van der Waals surface area (Å²) in [5.74, 6) is 0. The van der Waals surface area contributed by atoms with Crippen LogP contribution in [0, 0.1) is 0 Å². The van der Waals surface area contributed by atoms with Crippen molar-refractivity contribution >= 4 is 63.7 Å². The van der Waals surface area contributed by atoms with Gasteiger partial charge in [-0.3, -0.25) is 0 Å². The fourth-order valence-electron chi connectivity index (χ4n) is 1.15. The quantitative estimate of drug-likeness (QED) is 0.618. The summed E-state index contributed by atoms with van der Waals surface area (Å²) in [7, 11) is 3.84. The molecule has 0 aliphatic carbocycles. The van der Waals surface area contributed by atoms with Crippen molar-refractivity contribution in [3.05, 3.63) is 49.9 Å². The van der Waals surface area contributed by atoms with Crippen molar-refractivity contribution < 1.29 is 0 Å². The van der Waals surface area contributed by atoms with Crippen molar-refractivity contribution in [2.45, 2.75) is 0 Å². The molecule has 0 fully saturated rings. The Labute approximate surface area is 142 Å². The van der Waals surface area contributed by atoms with Crippen molar-refractivity contribution in [1.82, 2.24) is 9.97 Å². The molecule has 0 spiro atoms. The van der Waals surface area contributed by atoms with Crippen LogP contribution in [0.2, 0.25) is 25.6 Å². The van der Waals surface area contributed by atoms with Gasteiger partial charge in [0.1, 0.15) is 20.6 Å². The normalized spacial score (nSPS) is 9.75. The molecule has 0 saturated carbocycles. The number of hydrogen-bond donors (Lipinski definition) is 0. The van der Waals surface area contributed by atoms with E-state index in [2.05, 4.69) is 9.97 Å². The van der Waals surface area contributed by atoms with E-state index in [0.717, 1.165) is 5.69 Å². The molecule has 20 heavy (non-hydrogen) atoms. The lowest BCUT2D eigenvalue weighted by atomic mass is 10.4. The van der Waals surface area contributed by atoms with Crippen LogP contribution in [-0.2, 0) is 0 Å². The summed E-state index contributed by atoms with van der Waals surface area (Å²) < 4.78 is 0. The van der Waals surface area contributed by atoms with Gasteiger partial charge in [-0.25, -0.2) is 9.97 Å². The van der Waals surface area contributed by atoms with Gasteiger partial charge in [0.2, 0.25) is 0 Å². The number of halogens is 5. The summed E-state index contributed by atoms with van der Waals surface area (Å²) in [6.45, 7) is 0. The molecule has 0 aromatic carbocycles. The van der Waals surface area contributed by atoms with Crippen molar-refractivity contribution in [2.24, 2.45) is 0 Å². The number of anilines is 1. The van der Waals surface area contributed by atoms with Crippen LogP contribution in [0.4, 0.5) is 5.69 Å². The van der Waals surface area contributed by atoms with Gasteiger partial charge in [-0.1, -0.05) is 58.0 Å². The standard InChI is InChI=1S/C7H8Cl2N2.C5H2Cl3N/c1-11(2)5-3-6(8)10-7(9)4-5;6-3-1-4(7)9-5(8)2-3/h3-4H,1-2H3;1-2H. The first-order chi connectivity index (χ1) is 9.27. The minimum absolute atomic E-state index is 0.313. The summed E-state index contributed by atoms with van der Waals surface area (Å²) in [6, 6.07) is 6.56. The second kappa shape index (κ2) is 8.11. The van der Waals surface area contributed by atoms with Crippen molar-refractivity contribution in [3.63, 3.8) is 0 Å². The summed E-state index contributed by atoms with van der Waals surface area (Å²) in [5.41, 5.74) is 0.954. The molecule has 8 heteroatoms. The minimum Gasteiger partial charge on any atom is -0.377 e. The fourth-order valence-corrected chi connectivity index (χ4v) is 2.37. The summed E-state index contributed by atoms with van der Waals surface area (Å²) in [4.78, 5) is 9.42. The maximum absolute atomic E-state index is 5.67. The Kier molecular flexibility index (Phi) is 7.13. The molecule has 3 nitrogen and oxygen atoms in total. The van der Waals surface area contributed by atoms with E-state index in [1.54, 1.807) is 12.1 Å². The highest BCUT2D eigenvalue weighted by Crippen LogP contribution is 2.20. The zero-order valence-electron chi connectivity index (χ0n) is 10.5. The average Bonchev–Trinajstić information content (AvgIpc) is 2.26. The molecule has 0 bridgehead atoms. The number of rotatable bonds is 1. The first kappa shape index (κ1) is 17.6. The van der Waals surface area contributed by atoms with Crippen molar-refractivity contribution in [2.75, 3.05) is 19.0 Å². The molecule has 0 saturated heterocycles. The molecular formula is C12H10Cl5N3. The predicted molar refractivity (Wildman–Crippen MR) is 87.9 cm³/mol. The van der Waals surface area contributed by atoms with Crippen LogP contribution in [0.5, 0.6) is 0 Å². The van der Waals surface area contributed by atoms with E-state index in [9.17, 15) is 0 Å². The van der Waals surface area contributed by atoms with Gasteiger partial charge in [0.15, 0.2) is 0 Å². The van der Waals surface area contributed by atoms with Crippen molar-refractivity contribution in [3.8, 4) is 0 Å². The summed E-state index contributed by atoms with van der Waals surface area (Å²) >= 11 is 27.8. The van der Waals surface area contributed by atoms with Crippen LogP contribution >= 0.6 is 58.0 Å². The second-order valence-electron chi connectivity index (χ2n) is 3.80. The Balaban J connectivity index is 0.000000204. The highest BCUT2D eigenvalue weighted by atomic mass is 35.5. The van der Waals surface area contributed by atoms with Crippen LogP contribution in [-0.4, -0.2) is 24.1 Å². The number of aromatic nitrogens is 2. The van der Waals surface area contributed by atoms with Crippen LogP contribution < -0.4 is 4.90 Å². The van der Waals surface area contributed by atoms with Gasteiger partial charge in [-0.15, -0.1) is 0 Å². The van der Waals surface area contributed by atoms with Gasteiger partial charge in [0.25, 0.3) is 0 Å². The predicted octanol–water partition coefficient (Wildman–Crippen LogP) is 5.50. The Morgan fingerprint density at radius 3 is 1.35 bits per heavy atom. The molecule has 2 aromatic heterocycles. The maximum Gasteiger partial charge on any atom is 0.132 e. The highest BCUT2D eigenvalue weighted by molar-refractivity contribution is 6.36. The Hall–Kier alpha value is -0.450. The van der Waals surface area contributed by atoms with Crippen LogP contribution in [0.1, 0.15) is 0 Å². The average molecular weight is 373 g/mol. The molecule has 0 N–H and O–H groups in total. The topological polar surface area (TPSA) is 29.0 Å². The first-order valence-corrected chi connectivity index (χ1v) is 7.16. The lowest BCUT2D eigenvalue weighted by Gasteiger charge is -2.11. The van der Waals surface area contributed by atoms with Gasteiger partial charge in [-0.05, 0) is 24.3 Å². The van der Waals surface area contributed by atoms with E-state index in [0.29, 0.717) is 25.6 Å². The van der Waals surface area contributed by atoms with Crippen LogP contribution in [0.3, 0.4) is 0 Å². The molecule has 2 heterocycles. The Bertz CT molecular complexity index is 519. The molecule has 0 unspecified atom stereocenters. The van der Waals surface area contributed by atoms with Gasteiger partial charge >= 0.3 is 0 Å². The Morgan fingerprint density at radius 1 is 0.700 bits per heavy atom. The molecular weight excluding hydrogens is 363 g/mol. The summed E-state index contributed by atoms with van der Waals surface area (Å²) in [6.07, 6.45) is 0. The molecule has 108 valence electrons. The van der Waals surface area contributed by atoms with Gasteiger partial charge in [0, 0.05) is 24.8 Å². The lowest BCUT2D eigenvalue weighted by molar-refractivity contribution is 1.12. The smallest absolute Gasteiger partial charge is 0.132 e. The monoisotopic (exact) mass is 371 g/mol. The summed E-state index contributed by atoms with van der Waals surface area (Å²) in [5, 5.41) is 1.96. The third kappa shape index (κ3) is 6.33. The molecule has 0 radical (unpaired) electrons. The number of pyridine rings is 2. The van der Waals surface area contributed by atoms with E-state index < -0.39 is 0 Å². The molecule has 0 aliphatic heterocycles. The SMILES string of the molecule is CN(C)c1cc(Cl)nc(Cl)c1.Clc1cc(Cl)nc(Cl)c1. The first-order valence-electron chi connectivity index (χ1n) is 5.27. The van der Waals surface area contributed by atoms with E-state index in [4.69, 9.17) is 58.0 Å². The van der Waals surface area contributed by atoms with E-state index in [-0.39, 0.29) is 0 Å². The molecule has 2 rings (SSSR count). The minimum atomic E-state index is 0.313. The van der Waals surface area contributed by atoms with Gasteiger partial charge < -0.3 is 4.90 Å². The van der Waals surface area contributed by atoms with Crippen molar-refractivity contribution in [1.29, 1.82) is 0 Å². The maximum atomic E-state index is 5.67. The molecule has 2 aromatic rings. The third-order valence-electron chi connectivity index (χ3n) is 1.99. The largest absolute Gasteiger partial charge is 0.377 e. The third-order valence-corrected chi connectivity index (χ3v) is 2.98. The number of nitrogens with zero attached hydrogens (tertiary/aromatic N) is 3. The zero-order chi connectivity index (χ0) is 15.3. The van der Waals surface area contributed by atoms with E-state index in [1.807, 2.05) is 19.0 Å². The van der Waals surface area contributed by atoms with E-state index in [1.165, 1.54) is 12.1 Å². The van der Waals surface area contributed by atoms with Gasteiger partial charge in [0.05, 0.1) is 0 Å². The van der Waals surface area contributed by atoms with Crippen LogP contribution in [0.15, 0.2) is 24.3 Å². The lowest BCUT2D eigenvalue weighted by Crippen LogP contribution is -2.08. The molecule has 0 atom stereocenters. The van der Waals surface area contributed by atoms with Gasteiger partial charge in [-0.2, -0.15) is 0 Å². The van der Waals surface area contributed by atoms with Crippen LogP contribution in [0.25, 0.3) is 0 Å². The fraction of sp³-hybridized carbons (Fsp3) is 0.167. The molecule has 0 amide bonds. The number of hydrogen-bond acceptors (Lipinski definition) is 3. The highest BCUT2D eigenvalue weighted by Gasteiger charge is 1.99. The zero-order valence-corrected chi connectivity index (χ0v) is 14.3. The second-order valence-corrected chi connectivity index (χ2v) is 5.78. The molecule has 0 aliphatic rings.